The molecule has 0 saturated heterocycles. The molecule has 1 atom stereocenters. The van der Waals surface area contributed by atoms with E-state index in [1.54, 1.807) is 11.8 Å². The average Bonchev–Trinajstić information content (AvgIpc) is 2.42. The maximum Gasteiger partial charge on any atom is 0.303 e. The Morgan fingerprint density at radius 2 is 2.14 bits per heavy atom. The maximum absolute atomic E-state index is 12.2. The Morgan fingerprint density at radius 3 is 2.86 bits per heavy atom. The number of rotatable bonds is 6. The minimum atomic E-state index is -0.772. The van der Waals surface area contributed by atoms with Gasteiger partial charge in [-0.3, -0.25) is 9.59 Å². The second-order valence-electron chi connectivity index (χ2n) is 5.07. The van der Waals surface area contributed by atoms with E-state index < -0.39 is 12.1 Å². The first-order chi connectivity index (χ1) is 9.99. The lowest BCUT2D eigenvalue weighted by atomic mass is 10.1. The number of carboxylic acid groups (broad SMARTS) is 1. The van der Waals surface area contributed by atoms with Crippen molar-refractivity contribution in [1.29, 1.82) is 0 Å². The first-order valence-corrected chi connectivity index (χ1v) is 8.06. The Morgan fingerprint density at radius 1 is 1.38 bits per heavy atom. The molecule has 0 fully saturated rings. The predicted octanol–water partition coefficient (Wildman–Crippen LogP) is 3.05. The second-order valence-corrected chi connectivity index (χ2v) is 6.31. The van der Waals surface area contributed by atoms with Crippen molar-refractivity contribution in [2.45, 2.75) is 38.7 Å². The highest BCUT2D eigenvalue weighted by molar-refractivity contribution is 14.1. The molecule has 1 aromatic carbocycles. The number of hydrogen-bond acceptors (Lipinski definition) is 3. The number of amides is 1. The third-order valence-electron chi connectivity index (χ3n) is 3.40. The van der Waals surface area contributed by atoms with Gasteiger partial charge in [0.05, 0.1) is 5.69 Å². The number of benzene rings is 1. The fourth-order valence-electron chi connectivity index (χ4n) is 2.34. The molecule has 1 heterocycles. The summed E-state index contributed by atoms with van der Waals surface area (Å²) in [5.74, 6) is -0.0764. The van der Waals surface area contributed by atoms with Crippen LogP contribution in [-0.4, -0.2) is 29.6 Å². The second kappa shape index (κ2) is 7.11. The van der Waals surface area contributed by atoms with Crippen LogP contribution in [0.15, 0.2) is 18.2 Å². The van der Waals surface area contributed by atoms with Crippen molar-refractivity contribution in [3.63, 3.8) is 0 Å². The number of fused-ring (bicyclic) bond motifs is 1. The normalized spacial score (nSPS) is 17.3. The highest BCUT2D eigenvalue weighted by Crippen LogP contribution is 2.35. The first kappa shape index (κ1) is 16.1. The quantitative estimate of drug-likeness (QED) is 0.586. The number of carbonyl (C=O) groups excluding carboxylic acids is 1. The minimum Gasteiger partial charge on any atom is -0.481 e. The Hall–Kier alpha value is -1.31. The van der Waals surface area contributed by atoms with Crippen LogP contribution >= 0.6 is 22.6 Å². The lowest BCUT2D eigenvalue weighted by Gasteiger charge is -2.33. The molecule has 6 heteroatoms. The molecule has 1 unspecified atom stereocenters. The van der Waals surface area contributed by atoms with Gasteiger partial charge in [-0.1, -0.05) is 6.42 Å². The first-order valence-electron chi connectivity index (χ1n) is 6.98. The molecular weight excluding hydrogens is 385 g/mol. The summed E-state index contributed by atoms with van der Waals surface area (Å²) < 4.78 is 6.70. The van der Waals surface area contributed by atoms with Crippen LogP contribution in [0.2, 0.25) is 0 Å². The Bertz CT molecular complexity index is 546. The molecule has 2 rings (SSSR count). The van der Waals surface area contributed by atoms with Crippen LogP contribution in [0, 0.1) is 3.57 Å². The van der Waals surface area contributed by atoms with E-state index in [-0.39, 0.29) is 12.3 Å². The Balaban J connectivity index is 2.01. The van der Waals surface area contributed by atoms with Gasteiger partial charge in [0.2, 0.25) is 0 Å². The molecule has 1 aliphatic heterocycles. The number of hydrogen-bond donors (Lipinski definition) is 1. The van der Waals surface area contributed by atoms with Gasteiger partial charge in [0.15, 0.2) is 6.10 Å². The summed E-state index contributed by atoms with van der Waals surface area (Å²) in [5.41, 5.74) is 0.803. The summed E-state index contributed by atoms with van der Waals surface area (Å²) in [4.78, 5) is 24.5. The van der Waals surface area contributed by atoms with Gasteiger partial charge in [-0.05, 0) is 60.6 Å². The number of carboxylic acids is 1. The molecule has 0 spiro atoms. The number of carbonyl (C=O) groups is 2. The molecule has 0 aliphatic carbocycles. The highest BCUT2D eigenvalue weighted by Gasteiger charge is 2.31. The summed E-state index contributed by atoms with van der Waals surface area (Å²) in [7, 11) is 0. The van der Waals surface area contributed by atoms with E-state index in [0.29, 0.717) is 13.0 Å². The minimum absolute atomic E-state index is 0.0399. The predicted molar refractivity (Wildman–Crippen MR) is 87.7 cm³/mol. The molecule has 1 amide bonds. The van der Waals surface area contributed by atoms with E-state index in [2.05, 4.69) is 22.6 Å². The molecule has 1 aliphatic rings. The molecule has 0 bridgehead atoms. The van der Waals surface area contributed by atoms with Crippen molar-refractivity contribution in [3.05, 3.63) is 21.8 Å². The van der Waals surface area contributed by atoms with Gasteiger partial charge in [-0.25, -0.2) is 0 Å². The largest absolute Gasteiger partial charge is 0.481 e. The van der Waals surface area contributed by atoms with Crippen molar-refractivity contribution in [1.82, 2.24) is 0 Å². The molecule has 0 radical (unpaired) electrons. The molecule has 0 aromatic heterocycles. The highest BCUT2D eigenvalue weighted by atomic mass is 127. The molecule has 114 valence electrons. The number of nitrogens with zero attached hydrogens (tertiary/aromatic N) is 1. The zero-order chi connectivity index (χ0) is 15.4. The van der Waals surface area contributed by atoms with E-state index in [9.17, 15) is 9.59 Å². The van der Waals surface area contributed by atoms with E-state index in [0.717, 1.165) is 27.8 Å². The van der Waals surface area contributed by atoms with Gasteiger partial charge < -0.3 is 14.7 Å². The van der Waals surface area contributed by atoms with Crippen molar-refractivity contribution < 1.29 is 19.4 Å². The lowest BCUT2D eigenvalue weighted by Crippen LogP contribution is -2.44. The average molecular weight is 403 g/mol. The van der Waals surface area contributed by atoms with Gasteiger partial charge in [0.25, 0.3) is 5.91 Å². The van der Waals surface area contributed by atoms with Crippen LogP contribution in [0.5, 0.6) is 5.75 Å². The van der Waals surface area contributed by atoms with Crippen LogP contribution in [0.4, 0.5) is 5.69 Å². The van der Waals surface area contributed by atoms with Crippen molar-refractivity contribution in [2.24, 2.45) is 0 Å². The monoisotopic (exact) mass is 403 g/mol. The van der Waals surface area contributed by atoms with Crippen LogP contribution in [-0.2, 0) is 9.59 Å². The number of aliphatic carboxylic acids is 1. The summed E-state index contributed by atoms with van der Waals surface area (Å²) >= 11 is 2.21. The SMILES string of the molecule is CC1Oc2cc(I)ccc2N(CCCCCC(=O)O)C1=O. The van der Waals surface area contributed by atoms with Gasteiger partial charge in [-0.15, -0.1) is 0 Å². The van der Waals surface area contributed by atoms with E-state index in [4.69, 9.17) is 9.84 Å². The lowest BCUT2D eigenvalue weighted by molar-refractivity contribution is -0.137. The summed E-state index contributed by atoms with van der Waals surface area (Å²) in [6, 6.07) is 5.78. The van der Waals surface area contributed by atoms with Crippen LogP contribution < -0.4 is 9.64 Å². The van der Waals surface area contributed by atoms with E-state index in [1.807, 2.05) is 18.2 Å². The fourth-order valence-corrected chi connectivity index (χ4v) is 2.80. The zero-order valence-corrected chi connectivity index (χ0v) is 14.0. The van der Waals surface area contributed by atoms with Crippen molar-refractivity contribution in [3.8, 4) is 5.75 Å². The van der Waals surface area contributed by atoms with E-state index >= 15 is 0 Å². The maximum atomic E-state index is 12.2. The van der Waals surface area contributed by atoms with Crippen LogP contribution in [0.25, 0.3) is 0 Å². The van der Waals surface area contributed by atoms with E-state index in [1.165, 1.54) is 0 Å². The summed E-state index contributed by atoms with van der Waals surface area (Å²) in [6.07, 6.45) is 1.93. The smallest absolute Gasteiger partial charge is 0.303 e. The number of unbranched alkanes of at least 4 members (excludes halogenated alkanes) is 2. The summed E-state index contributed by atoms with van der Waals surface area (Å²) in [6.45, 7) is 2.35. The van der Waals surface area contributed by atoms with Crippen LogP contribution in [0.1, 0.15) is 32.6 Å². The fraction of sp³-hybridized carbons (Fsp3) is 0.467. The molecule has 5 nitrogen and oxygen atoms in total. The molecule has 0 saturated carbocycles. The molecular formula is C15H18INO4. The van der Waals surface area contributed by atoms with Gasteiger partial charge in [0, 0.05) is 16.5 Å². The summed E-state index contributed by atoms with van der Waals surface area (Å²) in [5, 5.41) is 8.61. The number of halogens is 1. The molecule has 1 N–H and O–H groups in total. The topological polar surface area (TPSA) is 66.8 Å². The Labute approximate surface area is 137 Å². The molecule has 21 heavy (non-hydrogen) atoms. The van der Waals surface area contributed by atoms with Gasteiger partial charge in [0.1, 0.15) is 5.75 Å². The van der Waals surface area contributed by atoms with Crippen molar-refractivity contribution >= 4 is 40.2 Å². The number of ether oxygens (including phenoxy) is 1. The number of anilines is 1. The van der Waals surface area contributed by atoms with Crippen LogP contribution in [0.3, 0.4) is 0 Å². The zero-order valence-electron chi connectivity index (χ0n) is 11.8. The standard InChI is InChI=1S/C15H18INO4/c1-10-15(20)17(8-4-2-3-5-14(18)19)12-7-6-11(16)9-13(12)21-10/h6-7,9-10H,2-5,8H2,1H3,(H,18,19). The third kappa shape index (κ3) is 4.09. The third-order valence-corrected chi connectivity index (χ3v) is 4.07. The van der Waals surface area contributed by atoms with Gasteiger partial charge in [-0.2, -0.15) is 0 Å². The Kier molecular flexibility index (Phi) is 5.44. The van der Waals surface area contributed by atoms with Gasteiger partial charge >= 0.3 is 5.97 Å². The van der Waals surface area contributed by atoms with Crippen molar-refractivity contribution in [2.75, 3.05) is 11.4 Å². The molecule has 1 aromatic rings.